The van der Waals surface area contributed by atoms with E-state index in [1.54, 1.807) is 19.3 Å². The molecule has 114 valence electrons. The van der Waals surface area contributed by atoms with E-state index in [0.717, 1.165) is 6.42 Å². The monoisotopic (exact) mass is 301 g/mol. The molecule has 0 aliphatic carbocycles. The average Bonchev–Trinajstić information content (AvgIpc) is 2.31. The molecule has 0 fully saturated rings. The third-order valence-electron chi connectivity index (χ3n) is 3.09. The Morgan fingerprint density at radius 2 is 2.10 bits per heavy atom. The minimum absolute atomic E-state index is 0. The number of aromatic nitrogens is 1. The fourth-order valence-corrected chi connectivity index (χ4v) is 2.12. The molecule has 1 rings (SSSR count). The van der Waals surface area contributed by atoms with Crippen molar-refractivity contribution < 1.29 is 4.79 Å². The van der Waals surface area contributed by atoms with Gasteiger partial charge in [0.15, 0.2) is 0 Å². The van der Waals surface area contributed by atoms with Crippen LogP contribution in [0.25, 0.3) is 0 Å². The lowest BCUT2D eigenvalue weighted by Gasteiger charge is -2.31. The van der Waals surface area contributed by atoms with Crippen LogP contribution in [0.4, 0.5) is 0 Å². The van der Waals surface area contributed by atoms with Crippen molar-refractivity contribution in [3.05, 3.63) is 34.2 Å². The third kappa shape index (κ3) is 4.98. The van der Waals surface area contributed by atoms with Gasteiger partial charge in [0.25, 0.3) is 11.5 Å². The number of nitrogens with two attached hydrogens (primary N) is 1. The molecule has 20 heavy (non-hydrogen) atoms. The molecule has 0 aliphatic rings. The molecule has 1 atom stereocenters. The summed E-state index contributed by atoms with van der Waals surface area (Å²) in [5.41, 5.74) is 5.47. The van der Waals surface area contributed by atoms with Crippen LogP contribution in [-0.2, 0) is 7.05 Å². The second-order valence-corrected chi connectivity index (χ2v) is 5.68. The van der Waals surface area contributed by atoms with Crippen LogP contribution in [0.15, 0.2) is 23.1 Å². The lowest BCUT2D eigenvalue weighted by atomic mass is 9.90. The quantitative estimate of drug-likeness (QED) is 0.860. The molecule has 0 spiro atoms. The molecule has 5 nitrogen and oxygen atoms in total. The number of amides is 1. The molecule has 1 aromatic rings. The van der Waals surface area contributed by atoms with E-state index < -0.39 is 5.54 Å². The van der Waals surface area contributed by atoms with Crippen molar-refractivity contribution >= 4 is 18.3 Å². The number of nitrogens with one attached hydrogen (secondary N) is 1. The molecule has 0 aliphatic heterocycles. The smallest absolute Gasteiger partial charge is 0.251 e. The first-order valence-electron chi connectivity index (χ1n) is 6.46. The summed E-state index contributed by atoms with van der Waals surface area (Å²) in [6.07, 6.45) is 2.37. The molecule has 0 radical (unpaired) electrons. The molecule has 1 heterocycles. The van der Waals surface area contributed by atoms with Gasteiger partial charge < -0.3 is 15.6 Å². The van der Waals surface area contributed by atoms with Crippen LogP contribution in [0.5, 0.6) is 0 Å². The summed E-state index contributed by atoms with van der Waals surface area (Å²) < 4.78 is 1.42. The Hall–Kier alpha value is -1.33. The normalized spacial score (nSPS) is 13.5. The number of pyridine rings is 1. The number of aryl methyl sites for hydroxylation is 1. The van der Waals surface area contributed by atoms with Crippen LogP contribution in [0, 0.1) is 5.92 Å². The predicted molar refractivity (Wildman–Crippen MR) is 83.3 cm³/mol. The molecule has 0 saturated carbocycles. The van der Waals surface area contributed by atoms with E-state index in [1.807, 2.05) is 6.92 Å². The Balaban J connectivity index is 0.00000361. The number of hydrogen-bond donors (Lipinski definition) is 2. The Morgan fingerprint density at radius 1 is 1.50 bits per heavy atom. The van der Waals surface area contributed by atoms with Crippen molar-refractivity contribution in [3.8, 4) is 0 Å². The number of hydrogen-bond acceptors (Lipinski definition) is 3. The summed E-state index contributed by atoms with van der Waals surface area (Å²) >= 11 is 0. The van der Waals surface area contributed by atoms with E-state index in [1.165, 1.54) is 10.6 Å². The molecule has 3 N–H and O–H groups in total. The van der Waals surface area contributed by atoms with Gasteiger partial charge in [-0.15, -0.1) is 12.4 Å². The topological polar surface area (TPSA) is 77.1 Å². The van der Waals surface area contributed by atoms with E-state index in [2.05, 4.69) is 19.2 Å². The van der Waals surface area contributed by atoms with Crippen molar-refractivity contribution in [2.75, 3.05) is 6.54 Å². The first-order valence-corrected chi connectivity index (χ1v) is 6.46. The number of carbonyl (C=O) groups excluding carboxylic acids is 1. The van der Waals surface area contributed by atoms with Crippen molar-refractivity contribution in [1.29, 1.82) is 0 Å². The maximum atomic E-state index is 12.1. The molecule has 6 heteroatoms. The summed E-state index contributed by atoms with van der Waals surface area (Å²) in [5.74, 6) is 0.170. The SMILES string of the molecule is CC(C)CC(C)(CN)NC(=O)c1ccn(C)c(=O)c1.Cl. The Labute approximate surface area is 126 Å². The van der Waals surface area contributed by atoms with Crippen molar-refractivity contribution in [3.63, 3.8) is 0 Å². The van der Waals surface area contributed by atoms with E-state index in [0.29, 0.717) is 18.0 Å². The van der Waals surface area contributed by atoms with Crippen LogP contribution in [-0.4, -0.2) is 22.6 Å². The maximum Gasteiger partial charge on any atom is 0.251 e. The summed E-state index contributed by atoms with van der Waals surface area (Å²) in [4.78, 5) is 23.7. The highest BCUT2D eigenvalue weighted by Crippen LogP contribution is 2.15. The van der Waals surface area contributed by atoms with Gasteiger partial charge in [-0.05, 0) is 25.3 Å². The zero-order valence-corrected chi connectivity index (χ0v) is 13.3. The number of rotatable bonds is 5. The van der Waals surface area contributed by atoms with Crippen LogP contribution in [0.3, 0.4) is 0 Å². The van der Waals surface area contributed by atoms with Crippen molar-refractivity contribution in [2.24, 2.45) is 18.7 Å². The second kappa shape index (κ2) is 7.45. The van der Waals surface area contributed by atoms with Crippen LogP contribution in [0.2, 0.25) is 0 Å². The largest absolute Gasteiger partial charge is 0.346 e. The van der Waals surface area contributed by atoms with Crippen LogP contribution < -0.4 is 16.6 Å². The molecule has 1 aromatic heterocycles. The molecular weight excluding hydrogens is 278 g/mol. The van der Waals surface area contributed by atoms with E-state index in [9.17, 15) is 9.59 Å². The maximum absolute atomic E-state index is 12.1. The Morgan fingerprint density at radius 3 is 2.55 bits per heavy atom. The van der Waals surface area contributed by atoms with Gasteiger partial charge in [-0.1, -0.05) is 13.8 Å². The Kier molecular flexibility index (Phi) is 6.96. The van der Waals surface area contributed by atoms with Crippen LogP contribution >= 0.6 is 12.4 Å². The number of carbonyl (C=O) groups is 1. The van der Waals surface area contributed by atoms with Crippen molar-refractivity contribution in [2.45, 2.75) is 32.7 Å². The number of nitrogens with zero attached hydrogens (tertiary/aromatic N) is 1. The van der Waals surface area contributed by atoms with Gasteiger partial charge in [0.05, 0.1) is 0 Å². The highest BCUT2D eigenvalue weighted by Gasteiger charge is 2.26. The fraction of sp³-hybridized carbons (Fsp3) is 0.571. The van der Waals surface area contributed by atoms with E-state index >= 15 is 0 Å². The van der Waals surface area contributed by atoms with Gasteiger partial charge in [-0.3, -0.25) is 9.59 Å². The molecule has 0 bridgehead atoms. The predicted octanol–water partition coefficient (Wildman–Crippen LogP) is 1.30. The highest BCUT2D eigenvalue weighted by atomic mass is 35.5. The lowest BCUT2D eigenvalue weighted by molar-refractivity contribution is 0.0898. The summed E-state index contributed by atoms with van der Waals surface area (Å²) in [6.45, 7) is 6.45. The minimum Gasteiger partial charge on any atom is -0.346 e. The molecule has 0 saturated heterocycles. The van der Waals surface area contributed by atoms with Gasteiger partial charge >= 0.3 is 0 Å². The molecule has 1 amide bonds. The van der Waals surface area contributed by atoms with Gasteiger partial charge in [-0.2, -0.15) is 0 Å². The van der Waals surface area contributed by atoms with Crippen LogP contribution in [0.1, 0.15) is 37.6 Å². The lowest BCUT2D eigenvalue weighted by Crippen LogP contribution is -2.52. The fourth-order valence-electron chi connectivity index (χ4n) is 2.12. The zero-order valence-electron chi connectivity index (χ0n) is 12.5. The van der Waals surface area contributed by atoms with Gasteiger partial charge in [-0.25, -0.2) is 0 Å². The second-order valence-electron chi connectivity index (χ2n) is 5.68. The van der Waals surface area contributed by atoms with Gasteiger partial charge in [0.1, 0.15) is 0 Å². The minimum atomic E-state index is -0.452. The molecular formula is C14H24ClN3O2. The highest BCUT2D eigenvalue weighted by molar-refractivity contribution is 5.94. The number of halogens is 1. The molecule has 0 aromatic carbocycles. The van der Waals surface area contributed by atoms with E-state index in [-0.39, 0.29) is 23.9 Å². The van der Waals surface area contributed by atoms with E-state index in [4.69, 9.17) is 5.73 Å². The van der Waals surface area contributed by atoms with Gasteiger partial charge in [0.2, 0.25) is 0 Å². The zero-order chi connectivity index (χ0) is 14.6. The third-order valence-corrected chi connectivity index (χ3v) is 3.09. The standard InChI is InChI=1S/C14H23N3O2.ClH/c1-10(2)8-14(3,9-15)16-13(19)11-5-6-17(4)12(18)7-11;/h5-7,10H,8-9,15H2,1-4H3,(H,16,19);1H. The summed E-state index contributed by atoms with van der Waals surface area (Å²) in [5, 5.41) is 2.93. The summed E-state index contributed by atoms with van der Waals surface area (Å²) in [6, 6.07) is 2.96. The van der Waals surface area contributed by atoms with Crippen molar-refractivity contribution in [1.82, 2.24) is 9.88 Å². The first-order chi connectivity index (χ1) is 8.77. The van der Waals surface area contributed by atoms with Gasteiger partial charge in [0, 0.05) is 37.0 Å². The Bertz CT molecular complexity index is 513. The molecule has 1 unspecified atom stereocenters. The summed E-state index contributed by atoms with van der Waals surface area (Å²) in [7, 11) is 1.65. The first kappa shape index (κ1) is 18.7. The average molecular weight is 302 g/mol.